The average molecular weight is 196 g/mol. The van der Waals surface area contributed by atoms with E-state index in [0.29, 0.717) is 5.56 Å². The smallest absolute Gasteiger partial charge is 0.126 e. The van der Waals surface area contributed by atoms with Crippen LogP contribution in [0.4, 0.5) is 4.39 Å². The van der Waals surface area contributed by atoms with Gasteiger partial charge in [-0.2, -0.15) is 0 Å². The van der Waals surface area contributed by atoms with Crippen molar-refractivity contribution in [2.75, 3.05) is 0 Å². The van der Waals surface area contributed by atoms with Gasteiger partial charge >= 0.3 is 0 Å². The molecule has 0 spiro atoms. The standard InChI is InChI=1S/C12H17FO/c1-8-7-9(5-6-10(8)13)11(14)12(2,3)4/h5-7,11,14H,1-4H3. The highest BCUT2D eigenvalue weighted by molar-refractivity contribution is 5.26. The molecule has 1 unspecified atom stereocenters. The summed E-state index contributed by atoms with van der Waals surface area (Å²) in [6, 6.07) is 4.74. The summed E-state index contributed by atoms with van der Waals surface area (Å²) < 4.78 is 13.0. The van der Waals surface area contributed by atoms with E-state index in [2.05, 4.69) is 0 Å². The molecule has 0 saturated carbocycles. The van der Waals surface area contributed by atoms with Crippen LogP contribution in [0.2, 0.25) is 0 Å². The second kappa shape index (κ2) is 3.70. The number of hydrogen-bond acceptors (Lipinski definition) is 1. The number of aliphatic hydroxyl groups is 1. The van der Waals surface area contributed by atoms with Crippen LogP contribution in [0, 0.1) is 18.2 Å². The van der Waals surface area contributed by atoms with Gasteiger partial charge in [0.05, 0.1) is 6.10 Å². The van der Waals surface area contributed by atoms with E-state index >= 15 is 0 Å². The van der Waals surface area contributed by atoms with Crippen molar-refractivity contribution in [1.29, 1.82) is 0 Å². The lowest BCUT2D eigenvalue weighted by Crippen LogP contribution is -2.17. The second-order valence-corrected chi connectivity index (χ2v) is 4.78. The summed E-state index contributed by atoms with van der Waals surface area (Å²) in [4.78, 5) is 0. The summed E-state index contributed by atoms with van der Waals surface area (Å²) >= 11 is 0. The van der Waals surface area contributed by atoms with Gasteiger partial charge in [0.15, 0.2) is 0 Å². The summed E-state index contributed by atoms with van der Waals surface area (Å²) in [7, 11) is 0. The van der Waals surface area contributed by atoms with E-state index in [0.717, 1.165) is 5.56 Å². The van der Waals surface area contributed by atoms with Crippen LogP contribution in [-0.4, -0.2) is 5.11 Å². The molecule has 0 fully saturated rings. The fourth-order valence-corrected chi connectivity index (χ4v) is 1.34. The Bertz CT molecular complexity index is 326. The number of hydrogen-bond donors (Lipinski definition) is 1. The highest BCUT2D eigenvalue weighted by atomic mass is 19.1. The molecule has 0 aliphatic heterocycles. The Morgan fingerprint density at radius 2 is 1.86 bits per heavy atom. The van der Waals surface area contributed by atoms with Crippen molar-refractivity contribution in [3.8, 4) is 0 Å². The van der Waals surface area contributed by atoms with Gasteiger partial charge < -0.3 is 5.11 Å². The van der Waals surface area contributed by atoms with Crippen LogP contribution in [0.3, 0.4) is 0 Å². The Morgan fingerprint density at radius 3 is 2.29 bits per heavy atom. The van der Waals surface area contributed by atoms with Crippen molar-refractivity contribution in [3.05, 3.63) is 35.1 Å². The van der Waals surface area contributed by atoms with Crippen molar-refractivity contribution >= 4 is 0 Å². The molecule has 1 aromatic rings. The van der Waals surface area contributed by atoms with Gasteiger partial charge in [-0.25, -0.2) is 4.39 Å². The highest BCUT2D eigenvalue weighted by Gasteiger charge is 2.23. The molecule has 1 aromatic carbocycles. The predicted octanol–water partition coefficient (Wildman–Crippen LogP) is 3.21. The molecule has 78 valence electrons. The van der Waals surface area contributed by atoms with Gasteiger partial charge in [0.25, 0.3) is 0 Å². The van der Waals surface area contributed by atoms with Crippen LogP contribution in [0.15, 0.2) is 18.2 Å². The lowest BCUT2D eigenvalue weighted by atomic mass is 9.84. The van der Waals surface area contributed by atoms with Crippen molar-refractivity contribution in [2.45, 2.75) is 33.8 Å². The molecule has 0 aliphatic carbocycles. The average Bonchev–Trinajstić information content (AvgIpc) is 2.07. The topological polar surface area (TPSA) is 20.2 Å². The molecule has 0 aromatic heterocycles. The molecule has 14 heavy (non-hydrogen) atoms. The van der Waals surface area contributed by atoms with Crippen molar-refractivity contribution < 1.29 is 9.50 Å². The number of aryl methyl sites for hydroxylation is 1. The van der Waals surface area contributed by atoms with Gasteiger partial charge in [-0.05, 0) is 29.5 Å². The molecule has 0 amide bonds. The van der Waals surface area contributed by atoms with Crippen LogP contribution in [-0.2, 0) is 0 Å². The Balaban J connectivity index is 3.03. The summed E-state index contributed by atoms with van der Waals surface area (Å²) in [5.74, 6) is -0.227. The zero-order valence-electron chi connectivity index (χ0n) is 9.13. The van der Waals surface area contributed by atoms with E-state index in [9.17, 15) is 9.50 Å². The molecule has 1 atom stereocenters. The zero-order valence-corrected chi connectivity index (χ0v) is 9.13. The summed E-state index contributed by atoms with van der Waals surface area (Å²) in [5.41, 5.74) is 1.13. The van der Waals surface area contributed by atoms with E-state index in [4.69, 9.17) is 0 Å². The van der Waals surface area contributed by atoms with Crippen molar-refractivity contribution in [1.82, 2.24) is 0 Å². The third-order valence-corrected chi connectivity index (χ3v) is 2.32. The molecule has 1 N–H and O–H groups in total. The number of rotatable bonds is 1. The van der Waals surface area contributed by atoms with E-state index in [1.54, 1.807) is 19.1 Å². The summed E-state index contributed by atoms with van der Waals surface area (Å²) in [5, 5.41) is 9.95. The van der Waals surface area contributed by atoms with Gasteiger partial charge in [-0.15, -0.1) is 0 Å². The number of aliphatic hydroxyl groups excluding tert-OH is 1. The minimum Gasteiger partial charge on any atom is -0.388 e. The lowest BCUT2D eigenvalue weighted by molar-refractivity contribution is 0.0626. The van der Waals surface area contributed by atoms with Crippen LogP contribution < -0.4 is 0 Å². The second-order valence-electron chi connectivity index (χ2n) is 4.78. The van der Waals surface area contributed by atoms with Crippen LogP contribution in [0.1, 0.15) is 38.0 Å². The Kier molecular flexibility index (Phi) is 2.95. The SMILES string of the molecule is Cc1cc(C(O)C(C)(C)C)ccc1F. The molecule has 0 radical (unpaired) electrons. The third-order valence-electron chi connectivity index (χ3n) is 2.32. The first-order chi connectivity index (χ1) is 6.32. The zero-order chi connectivity index (χ0) is 10.9. The van der Waals surface area contributed by atoms with Crippen molar-refractivity contribution in [3.63, 3.8) is 0 Å². The maximum atomic E-state index is 13.0. The van der Waals surface area contributed by atoms with E-state index in [1.807, 2.05) is 20.8 Å². The molecule has 1 rings (SSSR count). The van der Waals surface area contributed by atoms with Crippen molar-refractivity contribution in [2.24, 2.45) is 5.41 Å². The normalized spacial score (nSPS) is 14.1. The van der Waals surface area contributed by atoms with E-state index in [-0.39, 0.29) is 11.2 Å². The van der Waals surface area contributed by atoms with Gasteiger partial charge in [-0.1, -0.05) is 32.9 Å². The Labute approximate surface area is 84.6 Å². The fourth-order valence-electron chi connectivity index (χ4n) is 1.34. The van der Waals surface area contributed by atoms with E-state index in [1.165, 1.54) is 6.07 Å². The molecule has 2 heteroatoms. The predicted molar refractivity (Wildman–Crippen MR) is 55.6 cm³/mol. The molecule has 0 aliphatic rings. The first-order valence-electron chi connectivity index (χ1n) is 4.76. The Morgan fingerprint density at radius 1 is 1.29 bits per heavy atom. The molecular weight excluding hydrogens is 179 g/mol. The summed E-state index contributed by atoms with van der Waals surface area (Å²) in [6.07, 6.45) is -0.554. The largest absolute Gasteiger partial charge is 0.388 e. The molecule has 1 nitrogen and oxygen atoms in total. The summed E-state index contributed by atoms with van der Waals surface area (Å²) in [6.45, 7) is 7.57. The first kappa shape index (κ1) is 11.2. The molecular formula is C12H17FO. The maximum absolute atomic E-state index is 13.0. The fraction of sp³-hybridized carbons (Fsp3) is 0.500. The van der Waals surface area contributed by atoms with Crippen LogP contribution >= 0.6 is 0 Å². The Hall–Kier alpha value is -0.890. The highest BCUT2D eigenvalue weighted by Crippen LogP contribution is 2.32. The maximum Gasteiger partial charge on any atom is 0.126 e. The van der Waals surface area contributed by atoms with Crippen LogP contribution in [0.25, 0.3) is 0 Å². The number of halogens is 1. The van der Waals surface area contributed by atoms with E-state index < -0.39 is 6.10 Å². The molecule has 0 bridgehead atoms. The quantitative estimate of drug-likeness (QED) is 0.731. The lowest BCUT2D eigenvalue weighted by Gasteiger charge is -2.26. The number of benzene rings is 1. The third kappa shape index (κ3) is 2.32. The van der Waals surface area contributed by atoms with Crippen LogP contribution in [0.5, 0.6) is 0 Å². The minimum atomic E-state index is -0.554. The first-order valence-corrected chi connectivity index (χ1v) is 4.76. The van der Waals surface area contributed by atoms with Gasteiger partial charge in [0.2, 0.25) is 0 Å². The minimum absolute atomic E-state index is 0.218. The van der Waals surface area contributed by atoms with Gasteiger partial charge in [0.1, 0.15) is 5.82 Å². The molecule has 0 heterocycles. The molecule has 0 saturated heterocycles. The van der Waals surface area contributed by atoms with Gasteiger partial charge in [-0.3, -0.25) is 0 Å². The monoisotopic (exact) mass is 196 g/mol. The van der Waals surface area contributed by atoms with Gasteiger partial charge in [0, 0.05) is 0 Å².